The number of aliphatic hydroxyl groups is 1. The Labute approximate surface area is 198 Å². The van der Waals surface area contributed by atoms with E-state index >= 15 is 0 Å². The van der Waals surface area contributed by atoms with E-state index in [1.807, 2.05) is 24.3 Å². The predicted molar refractivity (Wildman–Crippen MR) is 135 cm³/mol. The molecule has 2 unspecified atom stereocenters. The molecule has 3 rings (SSSR count). The zero-order valence-corrected chi connectivity index (χ0v) is 20.4. The number of aliphatic imine (C=N–C) groups is 1. The summed E-state index contributed by atoms with van der Waals surface area (Å²) in [5, 5.41) is 16.5. The maximum absolute atomic E-state index is 9.52. The van der Waals surface area contributed by atoms with Gasteiger partial charge in [-0.05, 0) is 43.4 Å². The molecule has 2 aromatic carbocycles. The van der Waals surface area contributed by atoms with Crippen LogP contribution >= 0.6 is 24.0 Å². The highest BCUT2D eigenvalue weighted by Crippen LogP contribution is 2.20. The van der Waals surface area contributed by atoms with Gasteiger partial charge in [0.05, 0.1) is 13.2 Å². The molecular weight excluding hydrogens is 487 g/mol. The van der Waals surface area contributed by atoms with Gasteiger partial charge in [-0.1, -0.05) is 54.6 Å². The van der Waals surface area contributed by atoms with E-state index in [4.69, 9.17) is 4.99 Å². The zero-order chi connectivity index (χ0) is 20.5. The van der Waals surface area contributed by atoms with Gasteiger partial charge in [0.15, 0.2) is 5.96 Å². The van der Waals surface area contributed by atoms with Crippen molar-refractivity contribution >= 4 is 29.9 Å². The Morgan fingerprint density at radius 2 is 1.80 bits per heavy atom. The van der Waals surface area contributed by atoms with Gasteiger partial charge < -0.3 is 15.7 Å². The summed E-state index contributed by atoms with van der Waals surface area (Å²) < 4.78 is 0. The van der Waals surface area contributed by atoms with Crippen LogP contribution in [-0.4, -0.2) is 41.1 Å². The maximum Gasteiger partial charge on any atom is 0.191 e. The minimum atomic E-state index is 0. The number of nitrogens with one attached hydrogen (secondary N) is 2. The number of benzene rings is 2. The van der Waals surface area contributed by atoms with E-state index in [1.165, 1.54) is 5.56 Å². The first-order valence-corrected chi connectivity index (χ1v) is 10.7. The molecule has 5 nitrogen and oxygen atoms in total. The highest BCUT2D eigenvalue weighted by molar-refractivity contribution is 14.0. The molecule has 1 saturated heterocycles. The molecule has 2 atom stereocenters. The molecule has 0 spiro atoms. The average molecular weight is 522 g/mol. The van der Waals surface area contributed by atoms with Gasteiger partial charge in [0.25, 0.3) is 0 Å². The Balaban J connectivity index is 0.00000320. The van der Waals surface area contributed by atoms with E-state index in [0.29, 0.717) is 18.6 Å². The molecule has 0 amide bonds. The Kier molecular flexibility index (Phi) is 10.6. The average Bonchev–Trinajstić information content (AvgIpc) is 2.75. The minimum absolute atomic E-state index is 0. The first kappa shape index (κ1) is 24.6. The fraction of sp³-hybridized carbons (Fsp3) is 0.458. The van der Waals surface area contributed by atoms with Crippen molar-refractivity contribution in [3.05, 3.63) is 71.3 Å². The number of nitrogens with zero attached hydrogens (tertiary/aromatic N) is 2. The minimum Gasteiger partial charge on any atom is -0.392 e. The van der Waals surface area contributed by atoms with Crippen LogP contribution in [0.2, 0.25) is 0 Å². The van der Waals surface area contributed by atoms with Gasteiger partial charge in [-0.25, -0.2) is 4.99 Å². The van der Waals surface area contributed by atoms with Crippen LogP contribution in [0.5, 0.6) is 0 Å². The Hall–Kier alpha value is -1.64. The van der Waals surface area contributed by atoms with E-state index in [1.54, 1.807) is 0 Å². The molecule has 0 aromatic heterocycles. The molecule has 164 valence electrons. The summed E-state index contributed by atoms with van der Waals surface area (Å²) >= 11 is 0. The molecule has 1 fully saturated rings. The van der Waals surface area contributed by atoms with E-state index in [2.05, 4.69) is 59.7 Å². The maximum atomic E-state index is 9.52. The number of piperidine rings is 1. The zero-order valence-electron chi connectivity index (χ0n) is 18.1. The topological polar surface area (TPSA) is 59.9 Å². The van der Waals surface area contributed by atoms with Crippen molar-refractivity contribution in [1.29, 1.82) is 0 Å². The van der Waals surface area contributed by atoms with E-state index in [0.717, 1.165) is 49.6 Å². The van der Waals surface area contributed by atoms with Crippen LogP contribution in [0, 0.1) is 0 Å². The van der Waals surface area contributed by atoms with Gasteiger partial charge in [-0.2, -0.15) is 0 Å². The second-order valence-electron chi connectivity index (χ2n) is 7.79. The van der Waals surface area contributed by atoms with Crippen LogP contribution in [0.15, 0.2) is 59.6 Å². The van der Waals surface area contributed by atoms with Crippen LogP contribution in [0.1, 0.15) is 43.4 Å². The number of guanidine groups is 1. The first-order chi connectivity index (χ1) is 14.2. The summed E-state index contributed by atoms with van der Waals surface area (Å²) in [6.07, 6.45) is 2.21. The van der Waals surface area contributed by atoms with Crippen LogP contribution in [-0.2, 0) is 19.7 Å². The Morgan fingerprint density at radius 1 is 1.10 bits per heavy atom. The normalized spacial score (nSPS) is 19.8. The first-order valence-electron chi connectivity index (χ1n) is 10.7. The number of hydrogen-bond acceptors (Lipinski definition) is 3. The highest BCUT2D eigenvalue weighted by atomic mass is 127. The number of hydrogen-bond donors (Lipinski definition) is 3. The smallest absolute Gasteiger partial charge is 0.191 e. The van der Waals surface area contributed by atoms with Crippen molar-refractivity contribution in [2.45, 2.75) is 58.5 Å². The predicted octanol–water partition coefficient (Wildman–Crippen LogP) is 3.91. The van der Waals surface area contributed by atoms with E-state index in [9.17, 15) is 5.11 Å². The van der Waals surface area contributed by atoms with Crippen molar-refractivity contribution < 1.29 is 5.11 Å². The molecule has 0 saturated carbocycles. The third-order valence-corrected chi connectivity index (χ3v) is 5.62. The van der Waals surface area contributed by atoms with Gasteiger partial charge in [-0.3, -0.25) is 4.90 Å². The van der Waals surface area contributed by atoms with Crippen molar-refractivity contribution in [3.63, 3.8) is 0 Å². The van der Waals surface area contributed by atoms with Crippen LogP contribution in [0.3, 0.4) is 0 Å². The molecule has 6 heteroatoms. The fourth-order valence-electron chi connectivity index (χ4n) is 3.95. The summed E-state index contributed by atoms with van der Waals surface area (Å²) in [6.45, 7) is 7.95. The lowest BCUT2D eigenvalue weighted by Crippen LogP contribution is -2.51. The Bertz CT molecular complexity index is 784. The number of halogens is 1. The molecule has 3 N–H and O–H groups in total. The van der Waals surface area contributed by atoms with Crippen LogP contribution in [0.25, 0.3) is 0 Å². The monoisotopic (exact) mass is 522 g/mol. The number of rotatable bonds is 7. The lowest BCUT2D eigenvalue weighted by Gasteiger charge is -2.38. The molecule has 30 heavy (non-hydrogen) atoms. The van der Waals surface area contributed by atoms with Crippen LogP contribution < -0.4 is 10.6 Å². The highest BCUT2D eigenvalue weighted by Gasteiger charge is 2.25. The van der Waals surface area contributed by atoms with Crippen molar-refractivity contribution in [2.24, 2.45) is 4.99 Å². The summed E-state index contributed by atoms with van der Waals surface area (Å²) in [5.41, 5.74) is 3.39. The lowest BCUT2D eigenvalue weighted by molar-refractivity contribution is 0.134. The van der Waals surface area contributed by atoms with Gasteiger partial charge in [-0.15, -0.1) is 24.0 Å². The van der Waals surface area contributed by atoms with Crippen molar-refractivity contribution in [2.75, 3.05) is 13.1 Å². The van der Waals surface area contributed by atoms with Gasteiger partial charge in [0.2, 0.25) is 0 Å². The third kappa shape index (κ3) is 7.25. The second-order valence-corrected chi connectivity index (χ2v) is 7.79. The quantitative estimate of drug-likeness (QED) is 0.293. The summed E-state index contributed by atoms with van der Waals surface area (Å²) in [7, 11) is 0. The molecule has 0 bridgehead atoms. The van der Waals surface area contributed by atoms with Gasteiger partial charge >= 0.3 is 0 Å². The summed E-state index contributed by atoms with van der Waals surface area (Å²) in [4.78, 5) is 7.33. The standard InChI is InChI=1S/C24H34N4O.HI/c1-3-25-24(26-16-21-11-7-8-12-22(21)18-29)27-23-13-14-28(19(2)15-23)17-20-9-5-4-6-10-20;/h4-12,19,23,29H,3,13-18H2,1-2H3,(H2,25,26,27);1H. The molecule has 1 aliphatic heterocycles. The number of aliphatic hydroxyl groups excluding tert-OH is 1. The largest absolute Gasteiger partial charge is 0.392 e. The van der Waals surface area contributed by atoms with Crippen molar-refractivity contribution in [1.82, 2.24) is 15.5 Å². The molecule has 1 heterocycles. The van der Waals surface area contributed by atoms with Gasteiger partial charge in [0, 0.05) is 31.7 Å². The van der Waals surface area contributed by atoms with E-state index in [-0.39, 0.29) is 30.6 Å². The molecule has 0 aliphatic carbocycles. The third-order valence-electron chi connectivity index (χ3n) is 5.62. The van der Waals surface area contributed by atoms with Crippen molar-refractivity contribution in [3.8, 4) is 0 Å². The summed E-state index contributed by atoms with van der Waals surface area (Å²) in [5.74, 6) is 0.856. The molecule has 0 radical (unpaired) electrons. The lowest BCUT2D eigenvalue weighted by atomic mass is 9.97. The second kappa shape index (κ2) is 12.9. The molecule has 2 aromatic rings. The van der Waals surface area contributed by atoms with E-state index < -0.39 is 0 Å². The molecular formula is C24H35IN4O. The number of likely N-dealkylation sites (tertiary alicyclic amines) is 1. The Morgan fingerprint density at radius 3 is 2.47 bits per heavy atom. The van der Waals surface area contributed by atoms with Gasteiger partial charge in [0.1, 0.15) is 0 Å². The van der Waals surface area contributed by atoms with Crippen LogP contribution in [0.4, 0.5) is 0 Å². The SMILES string of the molecule is CCNC(=NCc1ccccc1CO)NC1CCN(Cc2ccccc2)C(C)C1.I. The molecule has 1 aliphatic rings. The fourth-order valence-corrected chi connectivity index (χ4v) is 3.95. The summed E-state index contributed by atoms with van der Waals surface area (Å²) in [6, 6.07) is 19.6.